The van der Waals surface area contributed by atoms with Crippen LogP contribution in [-0.4, -0.2) is 57.3 Å². The van der Waals surface area contributed by atoms with Gasteiger partial charge in [-0.25, -0.2) is 0 Å². The summed E-state index contributed by atoms with van der Waals surface area (Å²) in [5.74, 6) is 0.925. The van der Waals surface area contributed by atoms with Gasteiger partial charge in [0, 0.05) is 57.9 Å². The molecule has 2 N–H and O–H groups in total. The van der Waals surface area contributed by atoms with E-state index in [4.69, 9.17) is 4.74 Å². The SMILES string of the molecule is CN=C(NCC(C)N1CCc2sccc2C1)NCC1(CCOC)CCC1. The Hall–Kier alpha value is -1.11. The van der Waals surface area contributed by atoms with Crippen molar-refractivity contribution in [3.8, 4) is 0 Å². The van der Waals surface area contributed by atoms with E-state index in [1.165, 1.54) is 31.2 Å². The molecular weight excluding hydrogens is 344 g/mol. The molecule has 1 aliphatic carbocycles. The van der Waals surface area contributed by atoms with Crippen molar-refractivity contribution in [2.45, 2.75) is 51.6 Å². The molecule has 1 atom stereocenters. The largest absolute Gasteiger partial charge is 0.385 e. The molecule has 1 unspecified atom stereocenters. The lowest BCUT2D eigenvalue weighted by molar-refractivity contribution is 0.0732. The smallest absolute Gasteiger partial charge is 0.191 e. The van der Waals surface area contributed by atoms with Crippen molar-refractivity contribution in [3.63, 3.8) is 0 Å². The van der Waals surface area contributed by atoms with E-state index in [0.717, 1.165) is 45.2 Å². The maximum absolute atomic E-state index is 5.29. The molecule has 0 spiro atoms. The minimum absolute atomic E-state index is 0.404. The highest BCUT2D eigenvalue weighted by Gasteiger charge is 2.36. The molecule has 5 nitrogen and oxygen atoms in total. The highest BCUT2D eigenvalue weighted by atomic mass is 32.1. The summed E-state index contributed by atoms with van der Waals surface area (Å²) in [5.41, 5.74) is 1.92. The lowest BCUT2D eigenvalue weighted by Gasteiger charge is -2.42. The predicted molar refractivity (Wildman–Crippen MR) is 110 cm³/mol. The molecule has 0 amide bonds. The van der Waals surface area contributed by atoms with Crippen molar-refractivity contribution in [1.82, 2.24) is 15.5 Å². The highest BCUT2D eigenvalue weighted by Crippen LogP contribution is 2.43. The molecule has 6 heteroatoms. The number of guanidine groups is 1. The van der Waals surface area contributed by atoms with Gasteiger partial charge in [-0.1, -0.05) is 6.42 Å². The fraction of sp³-hybridized carbons (Fsp3) is 0.750. The fourth-order valence-electron chi connectivity index (χ4n) is 4.02. The average Bonchev–Trinajstić information content (AvgIpc) is 3.10. The van der Waals surface area contributed by atoms with E-state index >= 15 is 0 Å². The Balaban J connectivity index is 1.42. The van der Waals surface area contributed by atoms with Gasteiger partial charge in [0.05, 0.1) is 0 Å². The number of hydrogen-bond donors (Lipinski definition) is 2. The lowest BCUT2D eigenvalue weighted by atomic mass is 9.67. The van der Waals surface area contributed by atoms with Crippen molar-refractivity contribution in [2.24, 2.45) is 10.4 Å². The van der Waals surface area contributed by atoms with Crippen LogP contribution in [0.1, 0.15) is 43.0 Å². The van der Waals surface area contributed by atoms with Gasteiger partial charge in [0.25, 0.3) is 0 Å². The van der Waals surface area contributed by atoms with Gasteiger partial charge < -0.3 is 15.4 Å². The van der Waals surface area contributed by atoms with Gasteiger partial charge in [-0.05, 0) is 55.0 Å². The molecule has 0 radical (unpaired) electrons. The first-order valence-electron chi connectivity index (χ1n) is 9.88. The van der Waals surface area contributed by atoms with Crippen LogP contribution in [0, 0.1) is 5.41 Å². The molecule has 2 heterocycles. The Morgan fingerprint density at radius 3 is 2.96 bits per heavy atom. The second-order valence-corrected chi connectivity index (χ2v) is 8.84. The van der Waals surface area contributed by atoms with E-state index in [2.05, 4.69) is 38.9 Å². The zero-order chi connectivity index (χ0) is 18.4. The summed E-state index contributed by atoms with van der Waals surface area (Å²) in [4.78, 5) is 8.56. The highest BCUT2D eigenvalue weighted by molar-refractivity contribution is 7.10. The Bertz CT molecular complexity index is 596. The summed E-state index contributed by atoms with van der Waals surface area (Å²) in [6, 6.07) is 2.78. The Morgan fingerprint density at radius 1 is 1.42 bits per heavy atom. The second-order valence-electron chi connectivity index (χ2n) is 7.84. The van der Waals surface area contributed by atoms with E-state index in [9.17, 15) is 0 Å². The number of nitrogens with zero attached hydrogens (tertiary/aromatic N) is 2. The van der Waals surface area contributed by atoms with Gasteiger partial charge >= 0.3 is 0 Å². The molecule has 0 aromatic carbocycles. The Labute approximate surface area is 162 Å². The van der Waals surface area contributed by atoms with Gasteiger partial charge in [-0.15, -0.1) is 11.3 Å². The monoisotopic (exact) mass is 378 g/mol. The van der Waals surface area contributed by atoms with Crippen molar-refractivity contribution in [3.05, 3.63) is 21.9 Å². The second kappa shape index (κ2) is 9.20. The van der Waals surface area contributed by atoms with Crippen LogP contribution in [-0.2, 0) is 17.7 Å². The maximum Gasteiger partial charge on any atom is 0.191 e. The summed E-state index contributed by atoms with van der Waals surface area (Å²) in [6.45, 7) is 7.31. The summed E-state index contributed by atoms with van der Waals surface area (Å²) >= 11 is 1.90. The topological polar surface area (TPSA) is 48.9 Å². The van der Waals surface area contributed by atoms with Gasteiger partial charge in [-0.3, -0.25) is 9.89 Å². The van der Waals surface area contributed by atoms with Crippen LogP contribution in [0.25, 0.3) is 0 Å². The van der Waals surface area contributed by atoms with Crippen LogP contribution in [0.4, 0.5) is 0 Å². The van der Waals surface area contributed by atoms with Gasteiger partial charge in [0.1, 0.15) is 0 Å². The first kappa shape index (κ1) is 19.6. The standard InChI is InChI=1S/C20H34N4OS/c1-16(24-10-5-18-17(14-24)6-12-26-18)13-22-19(21-2)23-15-20(7-4-8-20)9-11-25-3/h6,12,16H,4-5,7-11,13-15H2,1-3H3,(H2,21,22,23). The van der Waals surface area contributed by atoms with E-state index in [-0.39, 0.29) is 0 Å². The number of nitrogens with one attached hydrogen (secondary N) is 2. The number of ether oxygens (including phenoxy) is 1. The zero-order valence-corrected chi connectivity index (χ0v) is 17.3. The first-order chi connectivity index (χ1) is 12.7. The summed E-state index contributed by atoms with van der Waals surface area (Å²) in [7, 11) is 3.66. The predicted octanol–water partition coefficient (Wildman–Crippen LogP) is 2.87. The van der Waals surface area contributed by atoms with E-state index < -0.39 is 0 Å². The number of hydrogen-bond acceptors (Lipinski definition) is 4. The van der Waals surface area contributed by atoms with Crippen LogP contribution in [0.5, 0.6) is 0 Å². The van der Waals surface area contributed by atoms with E-state index in [0.29, 0.717) is 11.5 Å². The fourth-order valence-corrected chi connectivity index (χ4v) is 4.91. The minimum atomic E-state index is 0.404. The number of methoxy groups -OCH3 is 1. The summed E-state index contributed by atoms with van der Waals surface area (Å²) < 4.78 is 5.29. The third-order valence-electron chi connectivity index (χ3n) is 6.13. The van der Waals surface area contributed by atoms with Crippen LogP contribution in [0.15, 0.2) is 16.4 Å². The third kappa shape index (κ3) is 4.78. The van der Waals surface area contributed by atoms with Gasteiger partial charge in [0.15, 0.2) is 5.96 Å². The lowest BCUT2D eigenvalue weighted by Crippen LogP contribution is -2.50. The minimum Gasteiger partial charge on any atom is -0.385 e. The molecule has 26 heavy (non-hydrogen) atoms. The maximum atomic E-state index is 5.29. The Kier molecular flexibility index (Phi) is 6.95. The summed E-state index contributed by atoms with van der Waals surface area (Å²) in [5, 5.41) is 9.31. The molecule has 146 valence electrons. The third-order valence-corrected chi connectivity index (χ3v) is 7.15. The Morgan fingerprint density at radius 2 is 2.27 bits per heavy atom. The van der Waals surface area contributed by atoms with Gasteiger partial charge in [0.2, 0.25) is 0 Å². The molecule has 0 bridgehead atoms. The van der Waals surface area contributed by atoms with Crippen molar-refractivity contribution >= 4 is 17.3 Å². The van der Waals surface area contributed by atoms with Crippen LogP contribution in [0.3, 0.4) is 0 Å². The molecule has 0 saturated heterocycles. The normalized spacial score (nSPS) is 21.0. The molecule has 1 aromatic heterocycles. The quantitative estimate of drug-likeness (QED) is 0.539. The van der Waals surface area contributed by atoms with Crippen LogP contribution in [0.2, 0.25) is 0 Å². The molecular formula is C20H34N4OS. The number of fused-ring (bicyclic) bond motifs is 1. The number of rotatable bonds is 8. The number of thiophene rings is 1. The van der Waals surface area contributed by atoms with Gasteiger partial charge in [-0.2, -0.15) is 0 Å². The van der Waals surface area contributed by atoms with Crippen molar-refractivity contribution in [1.29, 1.82) is 0 Å². The molecule has 1 fully saturated rings. The van der Waals surface area contributed by atoms with Crippen LogP contribution >= 0.6 is 11.3 Å². The van der Waals surface area contributed by atoms with Crippen molar-refractivity contribution < 1.29 is 4.74 Å². The molecule has 2 aliphatic rings. The molecule has 1 saturated carbocycles. The van der Waals surface area contributed by atoms with Crippen molar-refractivity contribution in [2.75, 3.05) is 40.4 Å². The molecule has 3 rings (SSSR count). The summed E-state index contributed by atoms with van der Waals surface area (Å²) in [6.07, 6.45) is 6.27. The molecule has 1 aliphatic heterocycles. The van der Waals surface area contributed by atoms with Crippen LogP contribution < -0.4 is 10.6 Å². The molecule has 1 aromatic rings. The first-order valence-corrected chi connectivity index (χ1v) is 10.8. The van der Waals surface area contributed by atoms with E-state index in [1.807, 2.05) is 18.4 Å². The number of aliphatic imine (C=N–C) groups is 1. The zero-order valence-electron chi connectivity index (χ0n) is 16.5. The average molecular weight is 379 g/mol. The van der Waals surface area contributed by atoms with E-state index in [1.54, 1.807) is 12.0 Å².